The number of nitrogens with one attached hydrogen (secondary N) is 1. The Hall–Kier alpha value is -3.46. The molecule has 2 aliphatic heterocycles. The molecule has 8 nitrogen and oxygen atoms in total. The molecule has 2 saturated heterocycles. The fourth-order valence-electron chi connectivity index (χ4n) is 4.51. The van der Waals surface area contributed by atoms with Crippen molar-refractivity contribution in [3.05, 3.63) is 77.5 Å². The van der Waals surface area contributed by atoms with Crippen LogP contribution < -0.4 is 10.3 Å². The number of aromatic amines is 1. The van der Waals surface area contributed by atoms with E-state index in [2.05, 4.69) is 9.97 Å². The van der Waals surface area contributed by atoms with E-state index in [4.69, 9.17) is 14.2 Å². The van der Waals surface area contributed by atoms with Gasteiger partial charge in [-0.3, -0.25) is 4.79 Å². The number of hydrogen-bond donors (Lipinski definition) is 2. The first kappa shape index (κ1) is 19.2. The van der Waals surface area contributed by atoms with Crippen molar-refractivity contribution in [1.82, 2.24) is 14.5 Å². The summed E-state index contributed by atoms with van der Waals surface area (Å²) in [7, 11) is 0. The lowest BCUT2D eigenvalue weighted by atomic mass is 10.1. The maximum absolute atomic E-state index is 12.7. The second-order valence-electron chi connectivity index (χ2n) is 8.02. The predicted octanol–water partition coefficient (Wildman–Crippen LogP) is 2.29. The van der Waals surface area contributed by atoms with Gasteiger partial charge in [-0.15, -0.1) is 0 Å². The third-order valence-corrected chi connectivity index (χ3v) is 6.06. The highest BCUT2D eigenvalue weighted by atomic mass is 16.6. The molecule has 2 aliphatic rings. The molecule has 0 amide bonds. The summed E-state index contributed by atoms with van der Waals surface area (Å²) < 4.78 is 19.2. The van der Waals surface area contributed by atoms with Crippen molar-refractivity contribution < 1.29 is 19.3 Å². The zero-order chi connectivity index (χ0) is 21.7. The Morgan fingerprint density at radius 3 is 2.62 bits per heavy atom. The summed E-state index contributed by atoms with van der Waals surface area (Å²) in [4.78, 5) is 19.8. The summed E-state index contributed by atoms with van der Waals surface area (Å²) in [5, 5.41) is 10.4. The number of fused-ring (bicyclic) bond motifs is 2. The first-order valence-electron chi connectivity index (χ1n) is 10.5. The number of aliphatic hydroxyl groups is 1. The molecular formula is C24H21N3O5. The summed E-state index contributed by atoms with van der Waals surface area (Å²) in [5.41, 5.74) is 3.00. The second kappa shape index (κ2) is 7.59. The van der Waals surface area contributed by atoms with Crippen LogP contribution in [0.2, 0.25) is 0 Å². The van der Waals surface area contributed by atoms with Gasteiger partial charge in [-0.2, -0.15) is 0 Å². The molecule has 2 aromatic carbocycles. The average molecular weight is 431 g/mol. The zero-order valence-electron chi connectivity index (χ0n) is 17.0. The molecule has 4 unspecified atom stereocenters. The predicted molar refractivity (Wildman–Crippen MR) is 117 cm³/mol. The molecule has 2 N–H and O–H groups in total. The molecule has 0 radical (unpaired) electrons. The van der Waals surface area contributed by atoms with Crippen LogP contribution in [0, 0.1) is 0 Å². The minimum Gasteiger partial charge on any atom is -0.485 e. The molecule has 6 rings (SSSR count). The first-order valence-corrected chi connectivity index (χ1v) is 10.5. The van der Waals surface area contributed by atoms with E-state index in [0.717, 1.165) is 16.8 Å². The van der Waals surface area contributed by atoms with Crippen molar-refractivity contribution in [2.24, 2.45) is 0 Å². The van der Waals surface area contributed by atoms with Gasteiger partial charge in [0.05, 0.1) is 24.9 Å². The smallest absolute Gasteiger partial charge is 0.260 e. The highest BCUT2D eigenvalue weighted by Crippen LogP contribution is 2.33. The Bertz CT molecular complexity index is 1320. The van der Waals surface area contributed by atoms with Crippen LogP contribution >= 0.6 is 0 Å². The molecule has 0 spiro atoms. The number of rotatable bonds is 4. The van der Waals surface area contributed by atoms with Crippen LogP contribution in [-0.4, -0.2) is 57.3 Å². The topological polar surface area (TPSA) is 98.6 Å². The molecular weight excluding hydrogens is 410 g/mol. The minimum atomic E-state index is -0.607. The molecule has 0 aliphatic carbocycles. The van der Waals surface area contributed by atoms with E-state index in [-0.39, 0.29) is 30.5 Å². The molecule has 8 heteroatoms. The fraction of sp³-hybridized carbons (Fsp3) is 0.250. The lowest BCUT2D eigenvalue weighted by Crippen LogP contribution is -2.34. The van der Waals surface area contributed by atoms with Crippen LogP contribution in [0.4, 0.5) is 0 Å². The number of para-hydroxylation sites is 1. The Morgan fingerprint density at radius 1 is 1.03 bits per heavy atom. The molecule has 2 fully saturated rings. The Balaban J connectivity index is 1.33. The van der Waals surface area contributed by atoms with E-state index in [1.54, 1.807) is 0 Å². The Kier molecular flexibility index (Phi) is 4.57. The summed E-state index contributed by atoms with van der Waals surface area (Å²) in [6.45, 7) is 0.641. The lowest BCUT2D eigenvalue weighted by Gasteiger charge is -2.18. The van der Waals surface area contributed by atoms with Gasteiger partial charge in [-0.1, -0.05) is 30.3 Å². The van der Waals surface area contributed by atoms with Crippen molar-refractivity contribution >= 4 is 11.0 Å². The van der Waals surface area contributed by atoms with Crippen molar-refractivity contribution in [2.45, 2.75) is 24.4 Å². The van der Waals surface area contributed by atoms with Crippen molar-refractivity contribution in [2.75, 3.05) is 13.2 Å². The number of aromatic nitrogens is 3. The maximum Gasteiger partial charge on any atom is 0.260 e. The summed E-state index contributed by atoms with van der Waals surface area (Å²) in [6, 6.07) is 17.4. The third kappa shape index (κ3) is 3.12. The van der Waals surface area contributed by atoms with Gasteiger partial charge >= 0.3 is 0 Å². The van der Waals surface area contributed by atoms with Crippen LogP contribution in [0.5, 0.6) is 5.75 Å². The highest BCUT2D eigenvalue weighted by molar-refractivity contribution is 5.94. The number of hydrogen-bond acceptors (Lipinski definition) is 6. The van der Waals surface area contributed by atoms with E-state index in [0.29, 0.717) is 23.4 Å². The zero-order valence-corrected chi connectivity index (χ0v) is 17.0. The summed E-state index contributed by atoms with van der Waals surface area (Å²) >= 11 is 0. The van der Waals surface area contributed by atoms with Gasteiger partial charge in [0.15, 0.2) is 11.8 Å². The maximum atomic E-state index is 12.7. The van der Waals surface area contributed by atoms with Gasteiger partial charge < -0.3 is 28.9 Å². The van der Waals surface area contributed by atoms with Crippen LogP contribution in [-0.2, 0) is 9.47 Å². The van der Waals surface area contributed by atoms with Gasteiger partial charge in [0.2, 0.25) is 0 Å². The largest absolute Gasteiger partial charge is 0.485 e. The monoisotopic (exact) mass is 431 g/mol. The van der Waals surface area contributed by atoms with Crippen LogP contribution in [0.25, 0.3) is 27.8 Å². The molecule has 4 aromatic rings. The van der Waals surface area contributed by atoms with Gasteiger partial charge in [-0.25, -0.2) is 4.98 Å². The molecule has 32 heavy (non-hydrogen) atoms. The molecule has 0 saturated carbocycles. The van der Waals surface area contributed by atoms with Gasteiger partial charge in [0.1, 0.15) is 24.1 Å². The molecule has 4 heterocycles. The SMILES string of the molecule is O=c1[nH]cnc2c1c(-c1ccc(OC3COC4C(O)COC34)cc1)cn2-c1ccccc1. The van der Waals surface area contributed by atoms with E-state index in [9.17, 15) is 9.90 Å². The van der Waals surface area contributed by atoms with Crippen LogP contribution in [0.1, 0.15) is 0 Å². The number of nitrogens with zero attached hydrogens (tertiary/aromatic N) is 2. The number of benzene rings is 2. The quantitative estimate of drug-likeness (QED) is 0.515. The lowest BCUT2D eigenvalue weighted by molar-refractivity contribution is 0.00863. The van der Waals surface area contributed by atoms with Crippen LogP contribution in [0.3, 0.4) is 0 Å². The second-order valence-corrected chi connectivity index (χ2v) is 8.02. The van der Waals surface area contributed by atoms with Crippen molar-refractivity contribution in [3.63, 3.8) is 0 Å². The number of H-pyrrole nitrogens is 1. The molecule has 4 atom stereocenters. The molecule has 0 bridgehead atoms. The van der Waals surface area contributed by atoms with Crippen molar-refractivity contribution in [1.29, 1.82) is 0 Å². The van der Waals surface area contributed by atoms with E-state index in [1.807, 2.05) is 65.4 Å². The first-order chi connectivity index (χ1) is 15.7. The number of ether oxygens (including phenoxy) is 3. The average Bonchev–Trinajstić information content (AvgIpc) is 3.51. The van der Waals surface area contributed by atoms with Gasteiger partial charge in [0, 0.05) is 17.4 Å². The van der Waals surface area contributed by atoms with E-state index in [1.165, 1.54) is 6.33 Å². The van der Waals surface area contributed by atoms with Gasteiger partial charge in [0.25, 0.3) is 5.56 Å². The Labute approximate surface area is 183 Å². The number of aliphatic hydroxyl groups excluding tert-OH is 1. The molecule has 162 valence electrons. The van der Waals surface area contributed by atoms with Crippen molar-refractivity contribution in [3.8, 4) is 22.6 Å². The Morgan fingerprint density at radius 2 is 1.81 bits per heavy atom. The fourth-order valence-corrected chi connectivity index (χ4v) is 4.51. The van der Waals surface area contributed by atoms with E-state index >= 15 is 0 Å². The van der Waals surface area contributed by atoms with Gasteiger partial charge in [-0.05, 0) is 29.8 Å². The summed E-state index contributed by atoms with van der Waals surface area (Å²) in [6.07, 6.45) is 1.88. The third-order valence-electron chi connectivity index (χ3n) is 6.06. The standard InChI is InChI=1S/C24H21N3O5/c28-18-11-30-22-19(12-31-21(18)22)32-16-8-6-14(7-9-16)17-10-27(15-4-2-1-3-5-15)23-20(17)24(29)26-13-25-23/h1-10,13,18-19,21-22,28H,11-12H2,(H,25,26,29). The highest BCUT2D eigenvalue weighted by Gasteiger charge is 2.48. The normalized spacial score (nSPS) is 24.7. The van der Waals surface area contributed by atoms with Crippen LogP contribution in [0.15, 0.2) is 71.9 Å². The van der Waals surface area contributed by atoms with E-state index < -0.39 is 6.10 Å². The minimum absolute atomic E-state index is 0.189. The molecule has 2 aromatic heterocycles. The summed E-state index contributed by atoms with van der Waals surface area (Å²) in [5.74, 6) is 0.673.